The van der Waals surface area contributed by atoms with Crippen molar-refractivity contribution < 1.29 is 27.2 Å². The summed E-state index contributed by atoms with van der Waals surface area (Å²) in [6, 6.07) is -1.14. The molecule has 1 rings (SSSR count). The molecule has 9 heteroatoms. The highest BCUT2D eigenvalue weighted by Gasteiger charge is 2.53. The molecule has 1 aliphatic rings. The van der Waals surface area contributed by atoms with Gasteiger partial charge in [0.25, 0.3) is 5.91 Å². The first kappa shape index (κ1) is 15.4. The van der Waals surface area contributed by atoms with Crippen LogP contribution in [0.2, 0.25) is 0 Å². The third-order valence-electron chi connectivity index (χ3n) is 2.57. The lowest BCUT2D eigenvalue weighted by Crippen LogP contribution is -2.61. The number of amides is 1. The summed E-state index contributed by atoms with van der Waals surface area (Å²) in [5, 5.41) is 2.61. The molecule has 0 aromatic carbocycles. The highest BCUT2D eigenvalue weighted by molar-refractivity contribution is 9.09. The number of nitrogens with zero attached hydrogens (tertiary/aromatic N) is 1. The molecule has 1 heterocycles. The zero-order valence-corrected chi connectivity index (χ0v) is 10.7. The van der Waals surface area contributed by atoms with Gasteiger partial charge in [0.05, 0.1) is 5.33 Å². The van der Waals surface area contributed by atoms with E-state index in [1.54, 1.807) is 0 Å². The summed E-state index contributed by atoms with van der Waals surface area (Å²) in [4.78, 5) is 23.4. The van der Waals surface area contributed by atoms with Crippen LogP contribution in [0.3, 0.4) is 0 Å². The van der Waals surface area contributed by atoms with Crippen LogP contribution in [0.5, 0.6) is 0 Å². The number of halogens is 5. The van der Waals surface area contributed by atoms with Crippen LogP contribution >= 0.6 is 15.9 Å². The second-order valence-electron chi connectivity index (χ2n) is 3.74. The molecule has 4 nitrogen and oxygen atoms in total. The molecule has 0 bridgehead atoms. The number of nitrogens with one attached hydrogen (secondary N) is 1. The first-order valence-electron chi connectivity index (χ1n) is 5.08. The number of hydrogen-bond acceptors (Lipinski definition) is 3. The van der Waals surface area contributed by atoms with E-state index in [2.05, 4.69) is 21.2 Å². The van der Waals surface area contributed by atoms with Crippen molar-refractivity contribution in [2.75, 3.05) is 25.0 Å². The molecule has 1 amide bonds. The quantitative estimate of drug-likeness (QED) is 0.606. The minimum absolute atomic E-state index is 0.0184. The summed E-state index contributed by atoms with van der Waals surface area (Å²) in [5.41, 5.74) is 0. The predicted molar refractivity (Wildman–Crippen MR) is 58.1 cm³/mol. The molecule has 1 aliphatic heterocycles. The molecular weight excluding hydrogens is 324 g/mol. The zero-order valence-electron chi connectivity index (χ0n) is 9.14. The molecular formula is C9H11BrF4N2O2. The van der Waals surface area contributed by atoms with Crippen molar-refractivity contribution in [3.63, 3.8) is 0 Å². The van der Waals surface area contributed by atoms with Gasteiger partial charge in [-0.25, -0.2) is 8.78 Å². The molecule has 1 fully saturated rings. The fourth-order valence-electron chi connectivity index (χ4n) is 1.61. The standard InChI is InChI=1S/C9H11BrF4N2O2/c10-3-6(17)5-4-15-1-2-16(5)8(18)9(13,14)7(11)12/h5,7,15H,1-4H2. The van der Waals surface area contributed by atoms with Gasteiger partial charge < -0.3 is 10.2 Å². The van der Waals surface area contributed by atoms with Gasteiger partial charge in [-0.15, -0.1) is 0 Å². The summed E-state index contributed by atoms with van der Waals surface area (Å²) in [5.74, 6) is -7.28. The summed E-state index contributed by atoms with van der Waals surface area (Å²) >= 11 is 2.86. The number of carbonyl (C=O) groups excluding carboxylic acids is 2. The first-order chi connectivity index (χ1) is 8.32. The summed E-state index contributed by atoms with van der Waals surface area (Å²) in [6.07, 6.45) is -4.08. The fourth-order valence-corrected chi connectivity index (χ4v) is 1.98. The lowest BCUT2D eigenvalue weighted by Gasteiger charge is -2.36. The Morgan fingerprint density at radius 1 is 1.44 bits per heavy atom. The lowest BCUT2D eigenvalue weighted by atomic mass is 10.1. The number of Topliss-reactive ketones (excluding diaryl/α,β-unsaturated/α-hetero) is 1. The Balaban J connectivity index is 2.90. The average Bonchev–Trinajstić information content (AvgIpc) is 2.36. The number of piperazine rings is 1. The Labute approximate surface area is 109 Å². The largest absolute Gasteiger partial charge is 0.383 e. The molecule has 1 saturated heterocycles. The topological polar surface area (TPSA) is 49.4 Å². The van der Waals surface area contributed by atoms with Crippen LogP contribution < -0.4 is 5.32 Å². The van der Waals surface area contributed by atoms with Crippen molar-refractivity contribution in [2.24, 2.45) is 0 Å². The zero-order chi connectivity index (χ0) is 13.9. The molecule has 0 aliphatic carbocycles. The van der Waals surface area contributed by atoms with Crippen molar-refractivity contribution in [1.82, 2.24) is 10.2 Å². The number of alkyl halides is 5. The molecule has 0 aromatic rings. The van der Waals surface area contributed by atoms with E-state index in [0.29, 0.717) is 4.90 Å². The van der Waals surface area contributed by atoms with Gasteiger partial charge >= 0.3 is 12.3 Å². The second kappa shape index (κ2) is 5.96. The maximum atomic E-state index is 13.0. The summed E-state index contributed by atoms with van der Waals surface area (Å²) in [6.45, 7) is -0.0445. The lowest BCUT2D eigenvalue weighted by molar-refractivity contribution is -0.184. The van der Waals surface area contributed by atoms with Crippen LogP contribution in [0, 0.1) is 0 Å². The van der Waals surface area contributed by atoms with Gasteiger partial charge in [-0.1, -0.05) is 15.9 Å². The van der Waals surface area contributed by atoms with Crippen LogP contribution in [0.4, 0.5) is 17.6 Å². The molecule has 0 radical (unpaired) electrons. The Hall–Kier alpha value is -0.700. The van der Waals surface area contributed by atoms with Gasteiger partial charge in [-0.05, 0) is 0 Å². The molecule has 0 saturated carbocycles. The highest BCUT2D eigenvalue weighted by Crippen LogP contribution is 2.26. The van der Waals surface area contributed by atoms with E-state index < -0.39 is 30.1 Å². The van der Waals surface area contributed by atoms with Gasteiger partial charge in [-0.3, -0.25) is 9.59 Å². The van der Waals surface area contributed by atoms with Gasteiger partial charge in [0.1, 0.15) is 6.04 Å². The van der Waals surface area contributed by atoms with Gasteiger partial charge in [0.2, 0.25) is 0 Å². The van der Waals surface area contributed by atoms with Crippen molar-refractivity contribution in [3.8, 4) is 0 Å². The van der Waals surface area contributed by atoms with Crippen LogP contribution in [0.25, 0.3) is 0 Å². The first-order valence-corrected chi connectivity index (χ1v) is 6.21. The van der Waals surface area contributed by atoms with E-state index in [1.807, 2.05) is 0 Å². The number of hydrogen-bond donors (Lipinski definition) is 1. The van der Waals surface area contributed by atoms with Crippen molar-refractivity contribution in [1.29, 1.82) is 0 Å². The summed E-state index contributed by atoms with van der Waals surface area (Å²) < 4.78 is 50.2. The molecule has 0 aromatic heterocycles. The third kappa shape index (κ3) is 3.00. The van der Waals surface area contributed by atoms with Crippen LogP contribution in [0.15, 0.2) is 0 Å². The SMILES string of the molecule is O=C(CBr)C1CNCCN1C(=O)C(F)(F)C(F)F. The molecule has 104 valence electrons. The van der Waals surface area contributed by atoms with E-state index in [-0.39, 0.29) is 25.0 Å². The number of rotatable bonds is 4. The van der Waals surface area contributed by atoms with Crippen LogP contribution in [-0.2, 0) is 9.59 Å². The van der Waals surface area contributed by atoms with E-state index in [0.717, 1.165) is 0 Å². The molecule has 0 spiro atoms. The molecule has 1 N–H and O–H groups in total. The van der Waals surface area contributed by atoms with Crippen LogP contribution in [-0.4, -0.2) is 59.9 Å². The Kier molecular flexibility index (Phi) is 5.09. The fraction of sp³-hybridized carbons (Fsp3) is 0.778. The van der Waals surface area contributed by atoms with E-state index in [4.69, 9.17) is 0 Å². The van der Waals surface area contributed by atoms with Gasteiger partial charge in [0, 0.05) is 19.6 Å². The van der Waals surface area contributed by atoms with Gasteiger partial charge in [0.15, 0.2) is 5.78 Å². The Morgan fingerprint density at radius 2 is 2.06 bits per heavy atom. The Morgan fingerprint density at radius 3 is 2.56 bits per heavy atom. The number of ketones is 1. The highest BCUT2D eigenvalue weighted by atomic mass is 79.9. The normalized spacial score (nSPS) is 21.2. The smallest absolute Gasteiger partial charge is 0.325 e. The van der Waals surface area contributed by atoms with Gasteiger partial charge in [-0.2, -0.15) is 8.78 Å². The third-order valence-corrected chi connectivity index (χ3v) is 3.12. The van der Waals surface area contributed by atoms with E-state index in [9.17, 15) is 27.2 Å². The predicted octanol–water partition coefficient (Wildman–Crippen LogP) is 0.651. The van der Waals surface area contributed by atoms with E-state index >= 15 is 0 Å². The average molecular weight is 335 g/mol. The number of carbonyl (C=O) groups is 2. The van der Waals surface area contributed by atoms with E-state index in [1.165, 1.54) is 0 Å². The maximum Gasteiger partial charge on any atom is 0.383 e. The summed E-state index contributed by atoms with van der Waals surface area (Å²) in [7, 11) is 0. The van der Waals surface area contributed by atoms with Crippen molar-refractivity contribution in [2.45, 2.75) is 18.4 Å². The van der Waals surface area contributed by atoms with Crippen molar-refractivity contribution in [3.05, 3.63) is 0 Å². The van der Waals surface area contributed by atoms with Crippen molar-refractivity contribution >= 4 is 27.6 Å². The van der Waals surface area contributed by atoms with Crippen LogP contribution in [0.1, 0.15) is 0 Å². The molecule has 1 unspecified atom stereocenters. The monoisotopic (exact) mass is 334 g/mol. The minimum atomic E-state index is -4.76. The maximum absolute atomic E-state index is 13.0. The second-order valence-corrected chi connectivity index (χ2v) is 4.30. The minimum Gasteiger partial charge on any atom is -0.325 e. The molecule has 18 heavy (non-hydrogen) atoms. The molecule has 1 atom stereocenters. The Bertz CT molecular complexity index is 341.